The zero-order chi connectivity index (χ0) is 21.1. The summed E-state index contributed by atoms with van der Waals surface area (Å²) in [5, 5.41) is 7.09. The van der Waals surface area contributed by atoms with E-state index in [1.165, 1.54) is 6.26 Å². The normalized spacial score (nSPS) is 29.4. The van der Waals surface area contributed by atoms with E-state index in [-0.39, 0.29) is 5.91 Å². The van der Waals surface area contributed by atoms with Crippen molar-refractivity contribution in [1.82, 2.24) is 25.3 Å². The van der Waals surface area contributed by atoms with Crippen LogP contribution in [0.15, 0.2) is 35.4 Å². The van der Waals surface area contributed by atoms with Gasteiger partial charge in [0, 0.05) is 50.7 Å². The van der Waals surface area contributed by atoms with E-state index in [0.717, 1.165) is 70.0 Å². The van der Waals surface area contributed by atoms with Crippen LogP contribution in [-0.2, 0) is 16.1 Å². The van der Waals surface area contributed by atoms with E-state index in [1.54, 1.807) is 24.7 Å². The number of carbonyl (C=O) groups excluding carboxylic acids is 1. The molecular weight excluding hydrogens is 396 g/mol. The Bertz CT molecular complexity index is 857. The fourth-order valence-electron chi connectivity index (χ4n) is 5.60. The third kappa shape index (κ3) is 4.16. The van der Waals surface area contributed by atoms with Crippen LogP contribution in [0.2, 0.25) is 0 Å². The van der Waals surface area contributed by atoms with Crippen LogP contribution in [0.25, 0.3) is 0 Å². The average Bonchev–Trinajstić information content (AvgIpc) is 3.36. The van der Waals surface area contributed by atoms with Crippen LogP contribution in [-0.4, -0.2) is 71.4 Å². The highest BCUT2D eigenvalue weighted by molar-refractivity contribution is 5.84. The first kappa shape index (κ1) is 20.4. The fraction of sp³-hybridized carbons (Fsp3) is 0.636. The first-order valence-corrected chi connectivity index (χ1v) is 11.2. The molecule has 3 atom stereocenters. The lowest BCUT2D eigenvalue weighted by Gasteiger charge is -2.53. The van der Waals surface area contributed by atoms with Gasteiger partial charge in [0.25, 0.3) is 0 Å². The Morgan fingerprint density at radius 1 is 1.23 bits per heavy atom. The molecule has 0 spiro atoms. The molecule has 5 rings (SSSR count). The summed E-state index contributed by atoms with van der Waals surface area (Å²) in [4.78, 5) is 27.2. The highest BCUT2D eigenvalue weighted by Crippen LogP contribution is 2.48. The minimum absolute atomic E-state index is 0.120. The van der Waals surface area contributed by atoms with E-state index >= 15 is 0 Å². The molecule has 2 aromatic heterocycles. The zero-order valence-electron chi connectivity index (χ0n) is 17.8. The van der Waals surface area contributed by atoms with Gasteiger partial charge in [-0.1, -0.05) is 5.16 Å². The number of fused-ring (bicyclic) bond motifs is 1. The summed E-state index contributed by atoms with van der Waals surface area (Å²) in [7, 11) is 0. The van der Waals surface area contributed by atoms with Crippen molar-refractivity contribution in [3.63, 3.8) is 0 Å². The smallest absolute Gasteiger partial charge is 0.228 e. The maximum atomic E-state index is 13.6. The second-order valence-electron chi connectivity index (χ2n) is 8.88. The van der Waals surface area contributed by atoms with E-state index in [4.69, 9.17) is 9.26 Å². The fourth-order valence-corrected chi connectivity index (χ4v) is 5.60. The number of amides is 1. The van der Waals surface area contributed by atoms with Crippen LogP contribution in [0.1, 0.15) is 31.4 Å². The number of nitrogens with one attached hydrogen (secondary N) is 1. The molecule has 2 saturated heterocycles. The molecule has 1 N–H and O–H groups in total. The topological polar surface area (TPSA) is 96.6 Å². The van der Waals surface area contributed by atoms with Gasteiger partial charge in [-0.25, -0.2) is 4.98 Å². The number of ether oxygens (including phenoxy) is 1. The number of carbonyl (C=O) groups is 1. The molecule has 1 amide bonds. The zero-order valence-corrected chi connectivity index (χ0v) is 17.8. The number of nitrogens with zero attached hydrogens (tertiary/aromatic N) is 5. The van der Waals surface area contributed by atoms with Crippen LogP contribution in [0.3, 0.4) is 0 Å². The second kappa shape index (κ2) is 8.92. The van der Waals surface area contributed by atoms with Gasteiger partial charge >= 0.3 is 0 Å². The monoisotopic (exact) mass is 426 g/mol. The van der Waals surface area contributed by atoms with Crippen molar-refractivity contribution >= 4 is 11.7 Å². The van der Waals surface area contributed by atoms with Crippen molar-refractivity contribution in [2.75, 3.05) is 44.3 Å². The van der Waals surface area contributed by atoms with E-state index in [1.807, 2.05) is 0 Å². The van der Waals surface area contributed by atoms with Crippen LogP contribution >= 0.6 is 0 Å². The standard InChI is InChI=1S/C22H30N6O3/c29-21(25-14-18-3-10-31-26-18)22-4-1-19(27-8-11-30-12-9-27)13-17(22)2-7-28(16-22)20-15-23-5-6-24-20/h3,5-6,10,15,17,19H,1-2,4,7-9,11-14,16H2,(H,25,29)/t17-,19-,22-/m1/s1. The van der Waals surface area contributed by atoms with Crippen molar-refractivity contribution in [3.05, 3.63) is 36.6 Å². The highest BCUT2D eigenvalue weighted by Gasteiger charge is 2.52. The van der Waals surface area contributed by atoms with Gasteiger partial charge in [-0.3, -0.25) is 14.7 Å². The van der Waals surface area contributed by atoms with Gasteiger partial charge in [-0.2, -0.15) is 0 Å². The minimum atomic E-state index is -0.428. The van der Waals surface area contributed by atoms with Crippen LogP contribution < -0.4 is 10.2 Å². The molecule has 31 heavy (non-hydrogen) atoms. The molecule has 0 unspecified atom stereocenters. The first-order valence-electron chi connectivity index (χ1n) is 11.2. The third-order valence-corrected chi connectivity index (χ3v) is 7.29. The molecule has 0 radical (unpaired) electrons. The van der Waals surface area contributed by atoms with Crippen molar-refractivity contribution < 1.29 is 14.1 Å². The summed E-state index contributed by atoms with van der Waals surface area (Å²) in [5.41, 5.74) is 0.312. The third-order valence-electron chi connectivity index (χ3n) is 7.29. The number of hydrogen-bond donors (Lipinski definition) is 1. The Hall–Kier alpha value is -2.52. The van der Waals surface area contributed by atoms with Gasteiger partial charge in [-0.15, -0.1) is 0 Å². The van der Waals surface area contributed by atoms with E-state index in [0.29, 0.717) is 25.0 Å². The Labute approximate surface area is 182 Å². The first-order chi connectivity index (χ1) is 15.2. The molecule has 0 aromatic carbocycles. The second-order valence-corrected chi connectivity index (χ2v) is 8.88. The molecule has 9 heteroatoms. The average molecular weight is 427 g/mol. The number of aromatic nitrogens is 3. The van der Waals surface area contributed by atoms with Gasteiger partial charge < -0.3 is 19.5 Å². The van der Waals surface area contributed by atoms with Crippen molar-refractivity contribution in [2.45, 2.75) is 38.3 Å². The molecule has 3 fully saturated rings. The number of rotatable bonds is 5. The van der Waals surface area contributed by atoms with Crippen LogP contribution in [0.4, 0.5) is 5.82 Å². The van der Waals surface area contributed by atoms with E-state index in [9.17, 15) is 4.79 Å². The van der Waals surface area contributed by atoms with Crippen molar-refractivity contribution in [3.8, 4) is 0 Å². The molecule has 2 aromatic rings. The van der Waals surface area contributed by atoms with E-state index < -0.39 is 5.41 Å². The number of piperidine rings is 1. The molecule has 0 bridgehead atoms. The summed E-state index contributed by atoms with van der Waals surface area (Å²) in [6, 6.07) is 2.32. The molecule has 2 aliphatic heterocycles. The molecule has 166 valence electrons. The molecule has 4 heterocycles. The summed E-state index contributed by atoms with van der Waals surface area (Å²) in [6.45, 7) is 5.58. The van der Waals surface area contributed by atoms with Gasteiger partial charge in [0.2, 0.25) is 5.91 Å². The Morgan fingerprint density at radius 2 is 2.13 bits per heavy atom. The van der Waals surface area contributed by atoms with E-state index in [2.05, 4.69) is 30.2 Å². The quantitative estimate of drug-likeness (QED) is 0.768. The van der Waals surface area contributed by atoms with Crippen molar-refractivity contribution in [1.29, 1.82) is 0 Å². The summed E-state index contributed by atoms with van der Waals surface area (Å²) >= 11 is 0. The molecule has 9 nitrogen and oxygen atoms in total. The Balaban J connectivity index is 1.35. The molecular formula is C22H30N6O3. The molecule has 1 saturated carbocycles. The lowest BCUT2D eigenvalue weighted by atomic mass is 9.61. The summed E-state index contributed by atoms with van der Waals surface area (Å²) in [6.07, 6.45) is 10.7. The Kier molecular flexibility index (Phi) is 5.87. The van der Waals surface area contributed by atoms with Gasteiger partial charge in [-0.05, 0) is 31.6 Å². The van der Waals surface area contributed by atoms with Gasteiger partial charge in [0.15, 0.2) is 0 Å². The number of anilines is 1. The largest absolute Gasteiger partial charge is 0.379 e. The predicted octanol–water partition coefficient (Wildman–Crippen LogP) is 1.48. The number of morpholine rings is 1. The highest BCUT2D eigenvalue weighted by atomic mass is 16.5. The minimum Gasteiger partial charge on any atom is -0.379 e. The van der Waals surface area contributed by atoms with Gasteiger partial charge in [0.05, 0.1) is 31.4 Å². The molecule has 1 aliphatic carbocycles. The summed E-state index contributed by atoms with van der Waals surface area (Å²) in [5.74, 6) is 1.31. The van der Waals surface area contributed by atoms with Crippen LogP contribution in [0, 0.1) is 11.3 Å². The lowest BCUT2D eigenvalue weighted by molar-refractivity contribution is -0.139. The SMILES string of the molecule is O=C(NCc1ccon1)[C@@]12CC[C@@H](N3CCOCC3)C[C@H]1CCN(c1cnccn1)C2. The van der Waals surface area contributed by atoms with Crippen molar-refractivity contribution in [2.24, 2.45) is 11.3 Å². The lowest BCUT2D eigenvalue weighted by Crippen LogP contribution is -2.61. The Morgan fingerprint density at radius 3 is 2.90 bits per heavy atom. The number of hydrogen-bond acceptors (Lipinski definition) is 8. The maximum absolute atomic E-state index is 13.6. The summed E-state index contributed by atoms with van der Waals surface area (Å²) < 4.78 is 10.5. The van der Waals surface area contributed by atoms with Gasteiger partial charge in [0.1, 0.15) is 17.8 Å². The predicted molar refractivity (Wildman–Crippen MR) is 113 cm³/mol. The molecule has 3 aliphatic rings. The maximum Gasteiger partial charge on any atom is 0.228 e. The van der Waals surface area contributed by atoms with Crippen LogP contribution in [0.5, 0.6) is 0 Å².